The van der Waals surface area contributed by atoms with Crippen molar-refractivity contribution in [3.8, 4) is 0 Å². The number of methoxy groups -OCH3 is 1. The Balaban J connectivity index is 2.04. The molecule has 5 nitrogen and oxygen atoms in total. The normalized spacial score (nSPS) is 19.0. The molecular weight excluding hydrogens is 228 g/mol. The van der Waals surface area contributed by atoms with E-state index in [-0.39, 0.29) is 5.41 Å². The molecule has 1 heterocycles. The highest BCUT2D eigenvalue weighted by Gasteiger charge is 2.32. The van der Waals surface area contributed by atoms with Gasteiger partial charge < -0.3 is 15.0 Å². The van der Waals surface area contributed by atoms with Crippen molar-refractivity contribution in [2.45, 2.75) is 45.1 Å². The predicted octanol–water partition coefficient (Wildman–Crippen LogP) is 1.38. The summed E-state index contributed by atoms with van der Waals surface area (Å²) in [7, 11) is 1.71. The second-order valence-electron chi connectivity index (χ2n) is 5.37. The maximum atomic E-state index is 6.02. The largest absolute Gasteiger partial charge is 0.383 e. The van der Waals surface area contributed by atoms with Gasteiger partial charge in [-0.25, -0.2) is 0 Å². The summed E-state index contributed by atoms with van der Waals surface area (Å²) in [4.78, 5) is 0. The van der Waals surface area contributed by atoms with Crippen molar-refractivity contribution in [3.05, 3.63) is 12.2 Å². The molecule has 5 heteroatoms. The summed E-state index contributed by atoms with van der Waals surface area (Å²) in [5, 5.41) is 8.28. The number of aromatic nitrogens is 3. The van der Waals surface area contributed by atoms with Gasteiger partial charge in [-0.1, -0.05) is 19.3 Å². The van der Waals surface area contributed by atoms with Gasteiger partial charge in [0.2, 0.25) is 0 Å². The van der Waals surface area contributed by atoms with E-state index in [1.165, 1.54) is 32.1 Å². The number of hydrogen-bond acceptors (Lipinski definition) is 4. The lowest BCUT2D eigenvalue weighted by molar-refractivity contribution is 0.176. The van der Waals surface area contributed by atoms with E-state index in [4.69, 9.17) is 10.5 Å². The Labute approximate surface area is 109 Å². The molecule has 0 aliphatic heterocycles. The molecule has 0 aromatic carbocycles. The first-order valence-electron chi connectivity index (χ1n) is 6.85. The minimum atomic E-state index is 0.246. The van der Waals surface area contributed by atoms with Crippen LogP contribution in [0.3, 0.4) is 0 Å². The van der Waals surface area contributed by atoms with Gasteiger partial charge in [-0.15, -0.1) is 10.2 Å². The van der Waals surface area contributed by atoms with Crippen molar-refractivity contribution in [2.75, 3.05) is 20.3 Å². The molecule has 2 rings (SSSR count). The number of ether oxygens (including phenoxy) is 1. The SMILES string of the molecule is COCCn1cnnc1CC1(CN)CCCCC1. The second-order valence-corrected chi connectivity index (χ2v) is 5.37. The molecular formula is C13H24N4O. The van der Waals surface area contributed by atoms with Crippen LogP contribution >= 0.6 is 0 Å². The molecule has 18 heavy (non-hydrogen) atoms. The molecule has 1 saturated carbocycles. The fraction of sp³-hybridized carbons (Fsp3) is 0.846. The summed E-state index contributed by atoms with van der Waals surface area (Å²) >= 11 is 0. The standard InChI is InChI=1S/C13H24N4O/c1-18-8-7-17-11-15-16-12(17)9-13(10-14)5-3-2-4-6-13/h11H,2-10,14H2,1H3. The van der Waals surface area contributed by atoms with E-state index in [1.807, 2.05) is 0 Å². The van der Waals surface area contributed by atoms with Gasteiger partial charge in [0.15, 0.2) is 0 Å². The molecule has 1 aromatic rings. The van der Waals surface area contributed by atoms with Crippen molar-refractivity contribution < 1.29 is 4.74 Å². The molecule has 0 bridgehead atoms. The summed E-state index contributed by atoms with van der Waals surface area (Å²) in [6, 6.07) is 0. The van der Waals surface area contributed by atoms with Gasteiger partial charge in [0.1, 0.15) is 12.2 Å². The zero-order valence-electron chi connectivity index (χ0n) is 11.3. The smallest absolute Gasteiger partial charge is 0.133 e. The molecule has 0 radical (unpaired) electrons. The van der Waals surface area contributed by atoms with Crippen LogP contribution in [0.15, 0.2) is 6.33 Å². The molecule has 1 aliphatic rings. The minimum Gasteiger partial charge on any atom is -0.383 e. The molecule has 1 aliphatic carbocycles. The van der Waals surface area contributed by atoms with Crippen molar-refractivity contribution in [1.29, 1.82) is 0 Å². The highest BCUT2D eigenvalue weighted by atomic mass is 16.5. The Morgan fingerprint density at radius 3 is 2.83 bits per heavy atom. The number of rotatable bonds is 6. The Morgan fingerprint density at radius 2 is 2.17 bits per heavy atom. The average Bonchev–Trinajstić information content (AvgIpc) is 2.84. The number of nitrogens with two attached hydrogens (primary N) is 1. The van der Waals surface area contributed by atoms with E-state index in [9.17, 15) is 0 Å². The first kappa shape index (κ1) is 13.5. The van der Waals surface area contributed by atoms with E-state index in [0.29, 0.717) is 6.61 Å². The second kappa shape index (κ2) is 6.29. The maximum absolute atomic E-state index is 6.02. The zero-order valence-corrected chi connectivity index (χ0v) is 11.3. The minimum absolute atomic E-state index is 0.246. The predicted molar refractivity (Wildman–Crippen MR) is 70.2 cm³/mol. The molecule has 0 saturated heterocycles. The van der Waals surface area contributed by atoms with Crippen LogP contribution in [0.2, 0.25) is 0 Å². The zero-order chi connectivity index (χ0) is 12.8. The Kier molecular flexibility index (Phi) is 4.72. The van der Waals surface area contributed by atoms with E-state index in [0.717, 1.165) is 25.3 Å². The van der Waals surface area contributed by atoms with E-state index >= 15 is 0 Å². The Hall–Kier alpha value is -0.940. The fourth-order valence-electron chi connectivity index (χ4n) is 2.88. The molecule has 2 N–H and O–H groups in total. The lowest BCUT2D eigenvalue weighted by Gasteiger charge is -2.35. The van der Waals surface area contributed by atoms with E-state index < -0.39 is 0 Å². The Morgan fingerprint density at radius 1 is 1.39 bits per heavy atom. The van der Waals surface area contributed by atoms with Crippen LogP contribution in [-0.4, -0.2) is 35.0 Å². The van der Waals surface area contributed by atoms with Gasteiger partial charge >= 0.3 is 0 Å². The van der Waals surface area contributed by atoms with Crippen molar-refractivity contribution >= 4 is 0 Å². The Bertz CT molecular complexity index is 358. The molecule has 0 unspecified atom stereocenters. The van der Waals surface area contributed by atoms with Crippen molar-refractivity contribution in [1.82, 2.24) is 14.8 Å². The van der Waals surface area contributed by atoms with Gasteiger partial charge in [0.05, 0.1) is 6.61 Å². The lowest BCUT2D eigenvalue weighted by Crippen LogP contribution is -2.35. The quantitative estimate of drug-likeness (QED) is 0.830. The lowest BCUT2D eigenvalue weighted by atomic mass is 9.71. The van der Waals surface area contributed by atoms with Crippen LogP contribution in [0.25, 0.3) is 0 Å². The molecule has 1 aromatic heterocycles. The molecule has 0 amide bonds. The van der Waals surface area contributed by atoms with Crippen LogP contribution in [0, 0.1) is 5.41 Å². The highest BCUT2D eigenvalue weighted by molar-refractivity contribution is 4.96. The van der Waals surface area contributed by atoms with Gasteiger partial charge in [-0.05, 0) is 24.8 Å². The van der Waals surface area contributed by atoms with E-state index in [2.05, 4.69) is 14.8 Å². The molecule has 102 valence electrons. The first-order chi connectivity index (χ1) is 8.79. The van der Waals surface area contributed by atoms with E-state index in [1.54, 1.807) is 13.4 Å². The summed E-state index contributed by atoms with van der Waals surface area (Å²) in [5.41, 5.74) is 6.27. The fourth-order valence-corrected chi connectivity index (χ4v) is 2.88. The average molecular weight is 252 g/mol. The highest BCUT2D eigenvalue weighted by Crippen LogP contribution is 2.37. The van der Waals surface area contributed by atoms with Crippen molar-refractivity contribution in [2.24, 2.45) is 11.1 Å². The van der Waals surface area contributed by atoms with Gasteiger partial charge in [0, 0.05) is 20.1 Å². The first-order valence-corrected chi connectivity index (χ1v) is 6.85. The van der Waals surface area contributed by atoms with Crippen LogP contribution in [0.4, 0.5) is 0 Å². The third-order valence-corrected chi connectivity index (χ3v) is 4.11. The number of nitrogens with zero attached hydrogens (tertiary/aromatic N) is 3. The van der Waals surface area contributed by atoms with Gasteiger partial charge in [-0.2, -0.15) is 0 Å². The van der Waals surface area contributed by atoms with Crippen LogP contribution < -0.4 is 5.73 Å². The van der Waals surface area contributed by atoms with Crippen LogP contribution in [0.1, 0.15) is 37.9 Å². The maximum Gasteiger partial charge on any atom is 0.133 e. The molecule has 0 atom stereocenters. The van der Waals surface area contributed by atoms with Crippen LogP contribution in [-0.2, 0) is 17.7 Å². The summed E-state index contributed by atoms with van der Waals surface area (Å²) in [5.74, 6) is 1.06. The monoisotopic (exact) mass is 252 g/mol. The topological polar surface area (TPSA) is 66.0 Å². The third-order valence-electron chi connectivity index (χ3n) is 4.11. The van der Waals surface area contributed by atoms with Gasteiger partial charge in [0.25, 0.3) is 0 Å². The van der Waals surface area contributed by atoms with Gasteiger partial charge in [-0.3, -0.25) is 0 Å². The molecule has 1 fully saturated rings. The third kappa shape index (κ3) is 3.09. The van der Waals surface area contributed by atoms with Crippen molar-refractivity contribution in [3.63, 3.8) is 0 Å². The summed E-state index contributed by atoms with van der Waals surface area (Å²) in [6.07, 6.45) is 9.13. The molecule has 0 spiro atoms. The summed E-state index contributed by atoms with van der Waals surface area (Å²) < 4.78 is 7.20. The number of hydrogen-bond donors (Lipinski definition) is 1. The summed E-state index contributed by atoms with van der Waals surface area (Å²) in [6.45, 7) is 2.27. The van der Waals surface area contributed by atoms with Crippen LogP contribution in [0.5, 0.6) is 0 Å².